The maximum atomic E-state index is 14.5. The van der Waals surface area contributed by atoms with Crippen molar-refractivity contribution in [2.24, 2.45) is 21.5 Å². The first kappa shape index (κ1) is 37.6. The Morgan fingerprint density at radius 2 is 1.24 bits per heavy atom. The van der Waals surface area contributed by atoms with Crippen molar-refractivity contribution < 1.29 is 17.6 Å². The smallest absolute Gasteiger partial charge is 0.205 e. The van der Waals surface area contributed by atoms with Gasteiger partial charge in [-0.3, -0.25) is 20.0 Å². The van der Waals surface area contributed by atoms with Gasteiger partial charge in [0.1, 0.15) is 23.3 Å². The van der Waals surface area contributed by atoms with Crippen molar-refractivity contribution in [3.63, 3.8) is 0 Å². The summed E-state index contributed by atoms with van der Waals surface area (Å²) in [4.78, 5) is 19.9. The molecule has 0 spiro atoms. The van der Waals surface area contributed by atoms with Crippen molar-refractivity contribution in [1.29, 1.82) is 0 Å². The molecule has 2 atom stereocenters. The van der Waals surface area contributed by atoms with E-state index in [4.69, 9.17) is 29.6 Å². The highest BCUT2D eigenvalue weighted by Gasteiger charge is 2.33. The van der Waals surface area contributed by atoms with Crippen LogP contribution < -0.4 is 11.5 Å². The topological polar surface area (TPSA) is 107 Å². The van der Waals surface area contributed by atoms with Crippen LogP contribution in [0.3, 0.4) is 0 Å². The van der Waals surface area contributed by atoms with Crippen molar-refractivity contribution in [3.05, 3.63) is 135 Å². The molecule has 7 nitrogen and oxygen atoms in total. The Kier molecular flexibility index (Phi) is 11.9. The van der Waals surface area contributed by atoms with Gasteiger partial charge in [0.2, 0.25) is 5.69 Å². The van der Waals surface area contributed by atoms with Crippen LogP contribution in [-0.2, 0) is 11.1 Å². The van der Waals surface area contributed by atoms with Gasteiger partial charge in [-0.25, -0.2) is 22.4 Å². The summed E-state index contributed by atoms with van der Waals surface area (Å²) >= 11 is 8.65. The van der Waals surface area contributed by atoms with Crippen LogP contribution in [0.15, 0.2) is 83.0 Å². The Bertz CT molecular complexity index is 2080. The second-order valence-electron chi connectivity index (χ2n) is 12.0. The van der Waals surface area contributed by atoms with Crippen LogP contribution in [0.25, 0.3) is 28.7 Å². The van der Waals surface area contributed by atoms with E-state index in [0.717, 1.165) is 11.5 Å². The quantitative estimate of drug-likeness (QED) is 0.150. The molecule has 4 heterocycles. The van der Waals surface area contributed by atoms with Crippen LogP contribution >= 0.6 is 35.1 Å². The Morgan fingerprint density at radius 1 is 0.765 bits per heavy atom. The number of amidine groups is 2. The van der Waals surface area contributed by atoms with Gasteiger partial charge in [-0.05, 0) is 92.4 Å². The first-order chi connectivity index (χ1) is 24.3. The third-order valence-corrected chi connectivity index (χ3v) is 10.0. The fraction of sp³-hybridized carbons (Fsp3) is 0.216. The standard InChI is InChI=1S/C19H16F2N4S.C18H16ClF2N3S/c1-19(7-8-26-18(22)25-19)14-9-12(3-5-15(14)20)10-16(21)17-6-4-13(23-2)11-24-17;1-18(6-7-25-17(22)24-18)13-8-11(2-4-14(13)20)9-15(21)16-5-3-12(19)10-23-16/h3-6,9-11H,7-8H2,1H3,(H2,22,25);2-5,8-10H,6-7H2,1H3,(H2,22,24)/b16-10-;15-9-/t19-;18-/m00/s1. The molecule has 0 bridgehead atoms. The van der Waals surface area contributed by atoms with E-state index >= 15 is 0 Å². The molecule has 0 unspecified atom stereocenters. The molecule has 2 aliphatic rings. The van der Waals surface area contributed by atoms with Crippen LogP contribution in [0.5, 0.6) is 0 Å². The van der Waals surface area contributed by atoms with Gasteiger partial charge in [0, 0.05) is 35.0 Å². The summed E-state index contributed by atoms with van der Waals surface area (Å²) < 4.78 is 57.6. The number of rotatable bonds is 6. The molecule has 4 N–H and O–H groups in total. The Hall–Kier alpha value is -4.64. The van der Waals surface area contributed by atoms with Gasteiger partial charge in [0.15, 0.2) is 10.3 Å². The number of nitrogens with zero attached hydrogens (tertiary/aromatic N) is 5. The number of aromatic nitrogens is 2. The molecule has 0 amide bonds. The molecule has 0 saturated heterocycles. The molecule has 2 aromatic carbocycles. The summed E-state index contributed by atoms with van der Waals surface area (Å²) in [6.07, 6.45) is 6.58. The third-order valence-electron chi connectivity index (χ3n) is 8.21. The number of hydrogen-bond donors (Lipinski definition) is 2. The minimum atomic E-state index is -0.769. The van der Waals surface area contributed by atoms with E-state index in [1.54, 1.807) is 18.2 Å². The molecule has 0 radical (unpaired) electrons. The molecule has 4 aromatic rings. The van der Waals surface area contributed by atoms with Crippen LogP contribution in [0.2, 0.25) is 5.02 Å². The van der Waals surface area contributed by atoms with Gasteiger partial charge in [-0.15, -0.1) is 0 Å². The van der Waals surface area contributed by atoms with Gasteiger partial charge in [0.25, 0.3) is 0 Å². The fourth-order valence-corrected chi connectivity index (χ4v) is 7.46. The highest BCUT2D eigenvalue weighted by Crippen LogP contribution is 2.38. The number of hydrogen-bond acceptors (Lipinski definition) is 8. The van der Waals surface area contributed by atoms with Crippen molar-refractivity contribution in [1.82, 2.24) is 9.97 Å². The van der Waals surface area contributed by atoms with Gasteiger partial charge in [0.05, 0.1) is 34.1 Å². The lowest BCUT2D eigenvalue weighted by Gasteiger charge is -2.30. The summed E-state index contributed by atoms with van der Waals surface area (Å²) in [5.41, 5.74) is 12.5. The molecular formula is C37H32ClF4N7S2. The van der Waals surface area contributed by atoms with E-state index in [-0.39, 0.29) is 17.2 Å². The summed E-state index contributed by atoms with van der Waals surface area (Å²) in [7, 11) is 0. The predicted molar refractivity (Wildman–Crippen MR) is 203 cm³/mol. The molecule has 14 heteroatoms. The molecule has 0 aliphatic carbocycles. The molecule has 262 valence electrons. The number of pyridine rings is 2. The third kappa shape index (κ3) is 9.38. The number of thioether (sulfide) groups is 2. The Balaban J connectivity index is 0.000000198. The molecule has 51 heavy (non-hydrogen) atoms. The van der Waals surface area contributed by atoms with E-state index in [9.17, 15) is 17.6 Å². The zero-order valence-electron chi connectivity index (χ0n) is 27.5. The average Bonchev–Trinajstić information content (AvgIpc) is 3.10. The minimum absolute atomic E-state index is 0.116. The largest absolute Gasteiger partial charge is 0.379 e. The zero-order chi connectivity index (χ0) is 36.8. The van der Waals surface area contributed by atoms with Gasteiger partial charge in [-0.1, -0.05) is 53.3 Å². The number of benzene rings is 2. The predicted octanol–water partition coefficient (Wildman–Crippen LogP) is 9.91. The SMILES string of the molecule is C[C@@]1(c2cc(/C=C(\F)c3ccc(Cl)cn3)ccc2F)CCSC(N)=N1.[C-]#[N+]c1ccc(/C(F)=C/c2ccc(F)c([C@]3(C)CCSC(N)=N3)c2)nc1. The van der Waals surface area contributed by atoms with E-state index in [2.05, 4.69) is 24.8 Å². The molecular weight excluding hydrogens is 718 g/mol. The minimum Gasteiger partial charge on any atom is -0.379 e. The maximum absolute atomic E-state index is 14.5. The van der Waals surface area contributed by atoms with Crippen molar-refractivity contribution in [2.75, 3.05) is 11.5 Å². The summed E-state index contributed by atoms with van der Waals surface area (Å²) in [6.45, 7) is 10.6. The van der Waals surface area contributed by atoms with Crippen molar-refractivity contribution in [3.8, 4) is 0 Å². The first-order valence-electron chi connectivity index (χ1n) is 15.5. The molecule has 0 fully saturated rings. The number of halogens is 5. The van der Waals surface area contributed by atoms with Crippen LogP contribution in [0.1, 0.15) is 60.3 Å². The lowest BCUT2D eigenvalue weighted by molar-refractivity contribution is 0.450. The summed E-state index contributed by atoms with van der Waals surface area (Å²) in [6, 6.07) is 14.8. The summed E-state index contributed by atoms with van der Waals surface area (Å²) in [5.74, 6) is -0.361. The molecule has 6 rings (SSSR count). The van der Waals surface area contributed by atoms with E-state index < -0.39 is 28.5 Å². The normalized spacial score (nSPS) is 20.7. The number of aliphatic imine (C=N–C) groups is 2. The van der Waals surface area contributed by atoms with Gasteiger partial charge >= 0.3 is 0 Å². The van der Waals surface area contributed by atoms with E-state index in [0.29, 0.717) is 56.1 Å². The van der Waals surface area contributed by atoms with Gasteiger partial charge in [-0.2, -0.15) is 0 Å². The van der Waals surface area contributed by atoms with Crippen molar-refractivity contribution in [2.45, 2.75) is 37.8 Å². The lowest BCUT2D eigenvalue weighted by Crippen LogP contribution is -2.29. The van der Waals surface area contributed by atoms with Crippen LogP contribution in [-0.4, -0.2) is 31.8 Å². The molecule has 0 saturated carbocycles. The second-order valence-corrected chi connectivity index (χ2v) is 14.6. The Morgan fingerprint density at radius 3 is 1.63 bits per heavy atom. The average molecular weight is 750 g/mol. The molecule has 2 aromatic heterocycles. The van der Waals surface area contributed by atoms with Crippen LogP contribution in [0, 0.1) is 18.2 Å². The zero-order valence-corrected chi connectivity index (χ0v) is 29.9. The van der Waals surface area contributed by atoms with E-state index in [1.165, 1.54) is 90.5 Å². The second kappa shape index (κ2) is 16.1. The molecule has 2 aliphatic heterocycles. The lowest BCUT2D eigenvalue weighted by atomic mass is 9.88. The fourth-order valence-electron chi connectivity index (χ4n) is 5.40. The van der Waals surface area contributed by atoms with Crippen molar-refractivity contribution >= 4 is 75.0 Å². The number of nitrogens with two attached hydrogens (primary N) is 2. The van der Waals surface area contributed by atoms with Crippen LogP contribution in [0.4, 0.5) is 23.2 Å². The van der Waals surface area contributed by atoms with Gasteiger partial charge < -0.3 is 11.5 Å². The highest BCUT2D eigenvalue weighted by atomic mass is 35.5. The highest BCUT2D eigenvalue weighted by molar-refractivity contribution is 8.14. The van der Waals surface area contributed by atoms with E-state index in [1.807, 2.05) is 13.8 Å². The maximum Gasteiger partial charge on any atom is 0.205 e. The Labute approximate surface area is 306 Å². The monoisotopic (exact) mass is 749 g/mol. The first-order valence-corrected chi connectivity index (χ1v) is 17.9. The summed E-state index contributed by atoms with van der Waals surface area (Å²) in [5, 5.41) is 1.29.